The predicted molar refractivity (Wildman–Crippen MR) is 59.5 cm³/mol. The fraction of sp³-hybridized carbons (Fsp3) is 0.500. The second kappa shape index (κ2) is 4.78. The SMILES string of the molecule is CCCS(=O)(=O)Oc1nc(Br)sc1Cl. The van der Waals surface area contributed by atoms with Crippen molar-refractivity contribution in [1.82, 2.24) is 4.98 Å². The predicted octanol–water partition coefficient (Wildman–Crippen LogP) is 2.68. The van der Waals surface area contributed by atoms with Gasteiger partial charge in [0.25, 0.3) is 5.88 Å². The third-order valence-corrected chi connectivity index (χ3v) is 4.18. The molecule has 0 N–H and O–H groups in total. The molecule has 0 spiro atoms. The van der Waals surface area contributed by atoms with Gasteiger partial charge in [-0.2, -0.15) is 13.4 Å². The van der Waals surface area contributed by atoms with Crippen LogP contribution in [0.5, 0.6) is 5.88 Å². The lowest BCUT2D eigenvalue weighted by Crippen LogP contribution is -2.13. The van der Waals surface area contributed by atoms with Gasteiger partial charge in [-0.3, -0.25) is 0 Å². The van der Waals surface area contributed by atoms with Gasteiger partial charge in [-0.1, -0.05) is 29.9 Å². The molecule has 1 heterocycles. The van der Waals surface area contributed by atoms with Gasteiger partial charge in [0.05, 0.1) is 5.75 Å². The van der Waals surface area contributed by atoms with Crippen LogP contribution >= 0.6 is 38.9 Å². The second-order valence-electron chi connectivity index (χ2n) is 2.39. The van der Waals surface area contributed by atoms with E-state index < -0.39 is 10.1 Å². The average Bonchev–Trinajstić information content (AvgIpc) is 2.28. The monoisotopic (exact) mass is 319 g/mol. The van der Waals surface area contributed by atoms with Gasteiger partial charge < -0.3 is 4.18 Å². The normalized spacial score (nSPS) is 11.6. The quantitative estimate of drug-likeness (QED) is 0.800. The molecule has 0 aromatic carbocycles. The van der Waals surface area contributed by atoms with E-state index in [2.05, 4.69) is 20.9 Å². The molecule has 14 heavy (non-hydrogen) atoms. The van der Waals surface area contributed by atoms with E-state index in [1.807, 2.05) is 0 Å². The Morgan fingerprint density at radius 2 is 2.29 bits per heavy atom. The molecule has 1 aromatic rings. The minimum absolute atomic E-state index is 0.0432. The second-order valence-corrected chi connectivity index (χ2v) is 6.96. The van der Waals surface area contributed by atoms with Crippen LogP contribution < -0.4 is 4.18 Å². The Hall–Kier alpha value is 0.150. The zero-order chi connectivity index (χ0) is 10.8. The molecule has 0 fully saturated rings. The van der Waals surface area contributed by atoms with E-state index in [1.54, 1.807) is 6.92 Å². The third kappa shape index (κ3) is 3.38. The number of hydrogen-bond donors (Lipinski definition) is 0. The van der Waals surface area contributed by atoms with Crippen molar-refractivity contribution in [2.45, 2.75) is 13.3 Å². The molecule has 0 unspecified atom stereocenters. The van der Waals surface area contributed by atoms with Crippen LogP contribution in [0.3, 0.4) is 0 Å². The summed E-state index contributed by atoms with van der Waals surface area (Å²) < 4.78 is 27.9. The van der Waals surface area contributed by atoms with Crippen LogP contribution in [0.15, 0.2) is 3.92 Å². The smallest absolute Gasteiger partial charge is 0.310 e. The highest BCUT2D eigenvalue weighted by Crippen LogP contribution is 2.34. The first-order valence-electron chi connectivity index (χ1n) is 3.68. The average molecular weight is 321 g/mol. The fourth-order valence-electron chi connectivity index (χ4n) is 0.728. The van der Waals surface area contributed by atoms with Crippen LogP contribution in [0.4, 0.5) is 0 Å². The largest absolute Gasteiger partial charge is 0.359 e. The molecule has 0 saturated heterocycles. The molecule has 8 heteroatoms. The third-order valence-electron chi connectivity index (χ3n) is 1.19. The molecule has 0 amide bonds. The first-order valence-corrected chi connectivity index (χ1v) is 7.25. The van der Waals surface area contributed by atoms with Crippen molar-refractivity contribution in [2.24, 2.45) is 0 Å². The van der Waals surface area contributed by atoms with Gasteiger partial charge in [-0.05, 0) is 22.4 Å². The Labute approximate surface area is 99.5 Å². The van der Waals surface area contributed by atoms with E-state index in [0.717, 1.165) is 11.3 Å². The number of thiazole rings is 1. The summed E-state index contributed by atoms with van der Waals surface area (Å²) in [4.78, 5) is 3.78. The summed E-state index contributed by atoms with van der Waals surface area (Å²) in [5.74, 6) is -0.102. The molecule has 0 aliphatic heterocycles. The summed E-state index contributed by atoms with van der Waals surface area (Å²) in [5, 5.41) is 0. The van der Waals surface area contributed by atoms with Gasteiger partial charge in [0, 0.05) is 0 Å². The molecule has 80 valence electrons. The summed E-state index contributed by atoms with van der Waals surface area (Å²) in [6.07, 6.45) is 0.491. The molecule has 0 radical (unpaired) electrons. The molecule has 0 bridgehead atoms. The summed E-state index contributed by atoms with van der Waals surface area (Å²) in [7, 11) is -3.55. The highest BCUT2D eigenvalue weighted by Gasteiger charge is 2.17. The molecule has 0 aliphatic rings. The van der Waals surface area contributed by atoms with Gasteiger partial charge in [0.1, 0.15) is 0 Å². The molecule has 0 aliphatic carbocycles. The summed E-state index contributed by atoms with van der Waals surface area (Å²) in [6.45, 7) is 1.75. The van der Waals surface area contributed by atoms with Crippen LogP contribution in [0, 0.1) is 0 Å². The Morgan fingerprint density at radius 3 is 2.71 bits per heavy atom. The minimum Gasteiger partial charge on any atom is -0.359 e. The maximum absolute atomic E-state index is 11.2. The van der Waals surface area contributed by atoms with E-state index in [4.69, 9.17) is 15.8 Å². The zero-order valence-corrected chi connectivity index (χ0v) is 11.1. The van der Waals surface area contributed by atoms with Crippen molar-refractivity contribution in [1.29, 1.82) is 0 Å². The first-order chi connectivity index (χ1) is 6.44. The topological polar surface area (TPSA) is 56.3 Å². The van der Waals surface area contributed by atoms with Crippen LogP contribution in [0.2, 0.25) is 4.34 Å². The number of rotatable bonds is 4. The Kier molecular flexibility index (Phi) is 4.17. The summed E-state index contributed by atoms with van der Waals surface area (Å²) in [6, 6.07) is 0. The van der Waals surface area contributed by atoms with E-state index in [9.17, 15) is 8.42 Å². The molecule has 4 nitrogen and oxygen atoms in total. The van der Waals surface area contributed by atoms with Crippen molar-refractivity contribution in [3.8, 4) is 5.88 Å². The lowest BCUT2D eigenvalue weighted by Gasteiger charge is -2.01. The van der Waals surface area contributed by atoms with Crippen molar-refractivity contribution in [3.05, 3.63) is 8.25 Å². The minimum atomic E-state index is -3.55. The van der Waals surface area contributed by atoms with Gasteiger partial charge in [0.2, 0.25) is 0 Å². The fourth-order valence-corrected chi connectivity index (χ4v) is 3.45. The van der Waals surface area contributed by atoms with E-state index >= 15 is 0 Å². The Balaban J connectivity index is 2.83. The molecule has 1 rings (SSSR count). The van der Waals surface area contributed by atoms with Gasteiger partial charge in [-0.25, -0.2) is 0 Å². The summed E-state index contributed by atoms with van der Waals surface area (Å²) >= 11 is 9.88. The molecule has 1 aromatic heterocycles. The van der Waals surface area contributed by atoms with E-state index in [1.165, 1.54) is 0 Å². The highest BCUT2D eigenvalue weighted by molar-refractivity contribution is 9.11. The standard InChI is InChI=1S/C6H7BrClNO3S2/c1-2-3-14(10,11)12-5-4(8)13-6(7)9-5/h2-3H2,1H3. The van der Waals surface area contributed by atoms with E-state index in [-0.39, 0.29) is 16.0 Å². The van der Waals surface area contributed by atoms with Gasteiger partial charge >= 0.3 is 10.1 Å². The van der Waals surface area contributed by atoms with Gasteiger partial charge in [-0.15, -0.1) is 0 Å². The maximum Gasteiger partial charge on any atom is 0.310 e. The molecular weight excluding hydrogens is 314 g/mol. The van der Waals surface area contributed by atoms with Crippen LogP contribution in [-0.4, -0.2) is 19.2 Å². The number of nitrogens with zero attached hydrogens (tertiary/aromatic N) is 1. The summed E-state index contributed by atoms with van der Waals surface area (Å²) in [5.41, 5.74) is 0. The molecular formula is C6H7BrClNO3S2. The molecule has 0 saturated carbocycles. The highest BCUT2D eigenvalue weighted by atomic mass is 79.9. The first kappa shape index (κ1) is 12.2. The van der Waals surface area contributed by atoms with Crippen LogP contribution in [0.1, 0.15) is 13.3 Å². The zero-order valence-electron chi connectivity index (χ0n) is 7.16. The van der Waals surface area contributed by atoms with Crippen molar-refractivity contribution < 1.29 is 12.6 Å². The van der Waals surface area contributed by atoms with Crippen molar-refractivity contribution in [3.63, 3.8) is 0 Å². The van der Waals surface area contributed by atoms with Crippen LogP contribution in [0.25, 0.3) is 0 Å². The number of hydrogen-bond acceptors (Lipinski definition) is 5. The Morgan fingerprint density at radius 1 is 1.64 bits per heavy atom. The van der Waals surface area contributed by atoms with Gasteiger partial charge in [0.15, 0.2) is 8.25 Å². The van der Waals surface area contributed by atoms with Crippen molar-refractivity contribution >= 4 is 49.0 Å². The Bertz CT molecular complexity index is 417. The lowest BCUT2D eigenvalue weighted by molar-refractivity contribution is 0.477. The van der Waals surface area contributed by atoms with E-state index in [0.29, 0.717) is 10.3 Å². The molecule has 0 atom stereocenters. The van der Waals surface area contributed by atoms with Crippen LogP contribution in [-0.2, 0) is 10.1 Å². The maximum atomic E-state index is 11.2. The number of halogens is 2. The lowest BCUT2D eigenvalue weighted by atomic mass is 10.6. The number of aromatic nitrogens is 1. The van der Waals surface area contributed by atoms with Crippen molar-refractivity contribution in [2.75, 3.05) is 5.75 Å².